The Labute approximate surface area is 107 Å². The van der Waals surface area contributed by atoms with E-state index in [2.05, 4.69) is 16.7 Å². The summed E-state index contributed by atoms with van der Waals surface area (Å²) in [6, 6.07) is 9.08. The van der Waals surface area contributed by atoms with Crippen molar-refractivity contribution in [3.05, 3.63) is 29.8 Å². The van der Waals surface area contributed by atoms with Crippen molar-refractivity contribution in [2.24, 2.45) is 5.41 Å². The summed E-state index contributed by atoms with van der Waals surface area (Å²) in [5.41, 5.74) is 0.989. The molecule has 2 N–H and O–H groups in total. The van der Waals surface area contributed by atoms with E-state index in [1.54, 1.807) is 18.2 Å². The van der Waals surface area contributed by atoms with E-state index in [1.165, 1.54) is 0 Å². The topological polar surface area (TPSA) is 64.9 Å². The molecule has 0 saturated heterocycles. The van der Waals surface area contributed by atoms with E-state index in [4.69, 9.17) is 5.26 Å². The van der Waals surface area contributed by atoms with Crippen molar-refractivity contribution in [2.75, 3.05) is 18.9 Å². The highest BCUT2D eigenvalue weighted by molar-refractivity contribution is 5.96. The molecular weight excluding hydrogens is 226 g/mol. The third-order valence-electron chi connectivity index (χ3n) is 3.56. The van der Waals surface area contributed by atoms with Crippen LogP contribution in [0.5, 0.6) is 0 Å². The van der Waals surface area contributed by atoms with E-state index in [0.717, 1.165) is 19.3 Å². The molecule has 18 heavy (non-hydrogen) atoms. The molecule has 0 radical (unpaired) electrons. The fourth-order valence-electron chi connectivity index (χ4n) is 2.36. The van der Waals surface area contributed by atoms with Gasteiger partial charge in [0.1, 0.15) is 0 Å². The van der Waals surface area contributed by atoms with Crippen LogP contribution >= 0.6 is 0 Å². The van der Waals surface area contributed by atoms with Crippen LogP contribution in [-0.4, -0.2) is 19.5 Å². The SMILES string of the molecule is CNCC1(C(=O)Nc2cccc(C#N)c2)CCC1. The molecule has 1 aliphatic carbocycles. The molecule has 94 valence electrons. The number of nitriles is 1. The van der Waals surface area contributed by atoms with Gasteiger partial charge >= 0.3 is 0 Å². The predicted molar refractivity (Wildman–Crippen MR) is 70.0 cm³/mol. The van der Waals surface area contributed by atoms with Gasteiger partial charge < -0.3 is 10.6 Å². The van der Waals surface area contributed by atoms with Crippen molar-refractivity contribution in [3.63, 3.8) is 0 Å². The molecule has 0 heterocycles. The average molecular weight is 243 g/mol. The Morgan fingerprint density at radius 1 is 1.50 bits per heavy atom. The molecule has 1 fully saturated rings. The molecule has 4 heteroatoms. The van der Waals surface area contributed by atoms with Crippen LogP contribution in [0.15, 0.2) is 24.3 Å². The molecule has 0 atom stereocenters. The van der Waals surface area contributed by atoms with Crippen LogP contribution < -0.4 is 10.6 Å². The van der Waals surface area contributed by atoms with Crippen molar-refractivity contribution in [3.8, 4) is 6.07 Å². The minimum Gasteiger partial charge on any atom is -0.326 e. The second kappa shape index (κ2) is 5.19. The molecule has 1 saturated carbocycles. The summed E-state index contributed by atoms with van der Waals surface area (Å²) in [5, 5.41) is 14.8. The summed E-state index contributed by atoms with van der Waals surface area (Å²) in [4.78, 5) is 12.3. The molecule has 1 aromatic carbocycles. The summed E-state index contributed by atoms with van der Waals surface area (Å²) in [7, 11) is 1.86. The molecule has 0 bridgehead atoms. The molecule has 0 aromatic heterocycles. The van der Waals surface area contributed by atoms with Gasteiger partial charge in [-0.3, -0.25) is 4.79 Å². The number of anilines is 1. The molecule has 1 aliphatic rings. The zero-order valence-electron chi connectivity index (χ0n) is 10.5. The van der Waals surface area contributed by atoms with Crippen molar-refractivity contribution in [1.29, 1.82) is 5.26 Å². The van der Waals surface area contributed by atoms with Gasteiger partial charge in [-0.15, -0.1) is 0 Å². The van der Waals surface area contributed by atoms with Crippen molar-refractivity contribution < 1.29 is 4.79 Å². The maximum absolute atomic E-state index is 12.3. The fraction of sp³-hybridized carbons (Fsp3) is 0.429. The van der Waals surface area contributed by atoms with Gasteiger partial charge in [0.05, 0.1) is 17.0 Å². The number of carbonyl (C=O) groups is 1. The Bertz CT molecular complexity index is 486. The van der Waals surface area contributed by atoms with Crippen molar-refractivity contribution >= 4 is 11.6 Å². The van der Waals surface area contributed by atoms with Gasteiger partial charge in [-0.25, -0.2) is 0 Å². The fourth-order valence-corrected chi connectivity index (χ4v) is 2.36. The highest BCUT2D eigenvalue weighted by Gasteiger charge is 2.43. The zero-order valence-corrected chi connectivity index (χ0v) is 10.5. The summed E-state index contributed by atoms with van der Waals surface area (Å²) >= 11 is 0. The lowest BCUT2D eigenvalue weighted by atomic mass is 9.68. The smallest absolute Gasteiger partial charge is 0.231 e. The van der Waals surface area contributed by atoms with Crippen LogP contribution in [0.1, 0.15) is 24.8 Å². The van der Waals surface area contributed by atoms with Gasteiger partial charge in [0.15, 0.2) is 0 Å². The third kappa shape index (κ3) is 2.36. The van der Waals surface area contributed by atoms with E-state index in [0.29, 0.717) is 17.8 Å². The highest BCUT2D eigenvalue weighted by atomic mass is 16.2. The minimum absolute atomic E-state index is 0.0539. The molecular formula is C14H17N3O. The molecule has 2 rings (SSSR count). The molecule has 0 aliphatic heterocycles. The maximum atomic E-state index is 12.3. The number of nitrogens with one attached hydrogen (secondary N) is 2. The number of hydrogen-bond acceptors (Lipinski definition) is 3. The van der Waals surface area contributed by atoms with E-state index < -0.39 is 0 Å². The lowest BCUT2D eigenvalue weighted by Gasteiger charge is -2.40. The third-order valence-corrected chi connectivity index (χ3v) is 3.56. The monoisotopic (exact) mass is 243 g/mol. The van der Waals surface area contributed by atoms with Gasteiger partial charge in [0.25, 0.3) is 0 Å². The van der Waals surface area contributed by atoms with Gasteiger partial charge in [0.2, 0.25) is 5.91 Å². The maximum Gasteiger partial charge on any atom is 0.231 e. The molecule has 1 amide bonds. The minimum atomic E-state index is -0.266. The summed E-state index contributed by atoms with van der Waals surface area (Å²) in [5.74, 6) is 0.0539. The van der Waals surface area contributed by atoms with Gasteiger partial charge in [-0.1, -0.05) is 12.5 Å². The van der Waals surface area contributed by atoms with Crippen molar-refractivity contribution in [2.45, 2.75) is 19.3 Å². The normalized spacial score (nSPS) is 16.4. The predicted octanol–water partition coefficient (Wildman–Crippen LogP) is 1.89. The van der Waals surface area contributed by atoms with Crippen LogP contribution in [0.25, 0.3) is 0 Å². The molecule has 4 nitrogen and oxygen atoms in total. The molecule has 0 spiro atoms. The Kier molecular flexibility index (Phi) is 3.63. The first-order valence-corrected chi connectivity index (χ1v) is 6.16. The van der Waals surface area contributed by atoms with Gasteiger partial charge in [0, 0.05) is 12.2 Å². The first kappa shape index (κ1) is 12.6. The summed E-state index contributed by atoms with van der Waals surface area (Å²) < 4.78 is 0. The second-order valence-corrected chi connectivity index (χ2v) is 4.81. The van der Waals surface area contributed by atoms with Gasteiger partial charge in [-0.2, -0.15) is 5.26 Å². The lowest BCUT2D eigenvalue weighted by Crippen LogP contribution is -2.48. The van der Waals surface area contributed by atoms with Crippen LogP contribution in [0.2, 0.25) is 0 Å². The van der Waals surface area contributed by atoms with Crippen molar-refractivity contribution in [1.82, 2.24) is 5.32 Å². The number of carbonyl (C=O) groups excluding carboxylic acids is 1. The number of nitrogens with zero attached hydrogens (tertiary/aromatic N) is 1. The molecule has 0 unspecified atom stereocenters. The second-order valence-electron chi connectivity index (χ2n) is 4.81. The highest BCUT2D eigenvalue weighted by Crippen LogP contribution is 2.41. The van der Waals surface area contributed by atoms with E-state index >= 15 is 0 Å². The standard InChI is InChI=1S/C14H17N3O/c1-16-10-14(6-3-7-14)13(18)17-12-5-2-4-11(8-12)9-15/h2,4-5,8,16H,3,6-7,10H2,1H3,(H,17,18). The Hall–Kier alpha value is -1.86. The quantitative estimate of drug-likeness (QED) is 0.848. The van der Waals surface area contributed by atoms with Gasteiger partial charge in [-0.05, 0) is 38.1 Å². The molecule has 1 aromatic rings. The van der Waals surface area contributed by atoms with Crippen LogP contribution in [-0.2, 0) is 4.79 Å². The largest absolute Gasteiger partial charge is 0.326 e. The average Bonchev–Trinajstić information content (AvgIpc) is 2.33. The summed E-state index contributed by atoms with van der Waals surface area (Å²) in [6.45, 7) is 0.705. The Balaban J connectivity index is 2.09. The first-order valence-electron chi connectivity index (χ1n) is 6.16. The lowest BCUT2D eigenvalue weighted by molar-refractivity contribution is -0.129. The van der Waals surface area contributed by atoms with E-state index in [9.17, 15) is 4.79 Å². The Morgan fingerprint density at radius 3 is 2.83 bits per heavy atom. The van der Waals surface area contributed by atoms with Crippen LogP contribution in [0, 0.1) is 16.7 Å². The number of benzene rings is 1. The van der Waals surface area contributed by atoms with Crippen LogP contribution in [0.4, 0.5) is 5.69 Å². The van der Waals surface area contributed by atoms with E-state index in [1.807, 2.05) is 13.1 Å². The number of amides is 1. The summed E-state index contributed by atoms with van der Waals surface area (Å²) in [6.07, 6.45) is 2.96. The number of hydrogen-bond donors (Lipinski definition) is 2. The zero-order chi connectivity index (χ0) is 13.0. The van der Waals surface area contributed by atoms with Crippen LogP contribution in [0.3, 0.4) is 0 Å². The first-order chi connectivity index (χ1) is 8.70. The van der Waals surface area contributed by atoms with E-state index in [-0.39, 0.29) is 11.3 Å². The number of rotatable bonds is 4. The Morgan fingerprint density at radius 2 is 2.28 bits per heavy atom.